The van der Waals surface area contributed by atoms with Gasteiger partial charge in [-0.2, -0.15) is 0 Å². The molecule has 0 saturated heterocycles. The lowest BCUT2D eigenvalue weighted by molar-refractivity contribution is 0.373. The molecule has 0 atom stereocenters. The third-order valence-corrected chi connectivity index (χ3v) is 5.68. The third kappa shape index (κ3) is 4.51. The molecule has 0 bridgehead atoms. The van der Waals surface area contributed by atoms with Gasteiger partial charge in [0.15, 0.2) is 11.5 Å². The average molecular weight is 412 g/mol. The fourth-order valence-corrected chi connectivity index (χ4v) is 4.11. The van der Waals surface area contributed by atoms with Gasteiger partial charge in [0.25, 0.3) is 0 Å². The van der Waals surface area contributed by atoms with Crippen molar-refractivity contribution in [3.63, 3.8) is 0 Å². The number of methoxy groups -OCH3 is 1. The molecule has 0 aliphatic heterocycles. The lowest BCUT2D eigenvalue weighted by atomic mass is 10.1. The first-order valence-corrected chi connectivity index (χ1v) is 10.9. The van der Waals surface area contributed by atoms with Crippen LogP contribution in [0.1, 0.15) is 37.3 Å². The molecule has 0 aliphatic carbocycles. The Labute approximate surface area is 183 Å². The largest absolute Gasteiger partial charge is 0.504 e. The number of phenols is 1. The molecule has 0 amide bonds. The average Bonchev–Trinajstić information content (AvgIpc) is 3.12. The molecule has 0 saturated carbocycles. The molecule has 4 rings (SSSR count). The van der Waals surface area contributed by atoms with Gasteiger partial charge in [0.1, 0.15) is 0 Å². The molecule has 0 spiro atoms. The van der Waals surface area contributed by atoms with Crippen LogP contribution in [0.5, 0.6) is 11.5 Å². The van der Waals surface area contributed by atoms with Crippen molar-refractivity contribution in [3.05, 3.63) is 83.9 Å². The number of para-hydroxylation sites is 1. The van der Waals surface area contributed by atoms with Crippen LogP contribution in [0.2, 0.25) is 0 Å². The predicted molar refractivity (Wildman–Crippen MR) is 132 cm³/mol. The maximum Gasteiger partial charge on any atom is 0.161 e. The normalized spacial score (nSPS) is 11.9. The van der Waals surface area contributed by atoms with Gasteiger partial charge >= 0.3 is 0 Å². The van der Waals surface area contributed by atoms with Crippen LogP contribution in [0.25, 0.3) is 34.0 Å². The van der Waals surface area contributed by atoms with Crippen molar-refractivity contribution < 1.29 is 9.84 Å². The number of hydrogen-bond acceptors (Lipinski definition) is 2. The van der Waals surface area contributed by atoms with E-state index in [9.17, 15) is 5.11 Å². The number of hydrogen-bond donors (Lipinski definition) is 1. The molecular formula is C28H29NO2. The molecule has 3 nitrogen and oxygen atoms in total. The first-order valence-electron chi connectivity index (χ1n) is 10.9. The smallest absolute Gasteiger partial charge is 0.161 e. The highest BCUT2D eigenvalue weighted by molar-refractivity contribution is 6.08. The zero-order chi connectivity index (χ0) is 21.6. The van der Waals surface area contributed by atoms with E-state index in [1.54, 1.807) is 13.2 Å². The lowest BCUT2D eigenvalue weighted by Crippen LogP contribution is -1.92. The van der Waals surface area contributed by atoms with E-state index in [1.165, 1.54) is 27.4 Å². The van der Waals surface area contributed by atoms with Crippen LogP contribution in [0.4, 0.5) is 0 Å². The Balaban J connectivity index is 1.36. The molecule has 0 aliphatic rings. The molecule has 3 aromatic carbocycles. The zero-order valence-electron chi connectivity index (χ0n) is 18.2. The molecule has 31 heavy (non-hydrogen) atoms. The number of aromatic nitrogens is 1. The number of benzene rings is 3. The molecule has 0 unspecified atom stereocenters. The molecular weight excluding hydrogens is 382 g/mol. The summed E-state index contributed by atoms with van der Waals surface area (Å²) in [6.07, 6.45) is 11.9. The second-order valence-corrected chi connectivity index (χ2v) is 7.70. The molecule has 1 aromatic heterocycles. The summed E-state index contributed by atoms with van der Waals surface area (Å²) in [6, 6.07) is 20.8. The second-order valence-electron chi connectivity index (χ2n) is 7.70. The van der Waals surface area contributed by atoms with E-state index in [0.29, 0.717) is 5.75 Å². The van der Waals surface area contributed by atoms with E-state index < -0.39 is 0 Å². The molecule has 4 aromatic rings. The Hall–Kier alpha value is -3.46. The number of nitrogens with zero attached hydrogens (tertiary/aromatic N) is 1. The number of fused-ring (bicyclic) bond motifs is 3. The van der Waals surface area contributed by atoms with Crippen LogP contribution in [0.3, 0.4) is 0 Å². The van der Waals surface area contributed by atoms with Gasteiger partial charge in [0.2, 0.25) is 0 Å². The zero-order valence-corrected chi connectivity index (χ0v) is 18.2. The molecule has 1 heterocycles. The van der Waals surface area contributed by atoms with Crippen LogP contribution in [0.15, 0.2) is 72.8 Å². The van der Waals surface area contributed by atoms with Gasteiger partial charge in [-0.1, -0.05) is 54.6 Å². The Bertz CT molecular complexity index is 1250. The Morgan fingerprint density at radius 1 is 0.839 bits per heavy atom. The number of allylic oxidation sites excluding steroid dienone is 2. The minimum absolute atomic E-state index is 0.169. The fraction of sp³-hybridized carbons (Fsp3) is 0.214. The molecule has 1 N–H and O–H groups in total. The lowest BCUT2D eigenvalue weighted by Gasteiger charge is -2.03. The summed E-state index contributed by atoms with van der Waals surface area (Å²) in [6.45, 7) is 3.18. The second kappa shape index (κ2) is 9.57. The first-order chi connectivity index (χ1) is 15.2. The van der Waals surface area contributed by atoms with Crippen LogP contribution >= 0.6 is 0 Å². The maximum atomic E-state index is 9.66. The summed E-state index contributed by atoms with van der Waals surface area (Å²) in [5, 5.41) is 12.3. The summed E-state index contributed by atoms with van der Waals surface area (Å²) in [5.41, 5.74) is 4.89. The number of ether oxygens (including phenoxy) is 1. The van der Waals surface area contributed by atoms with E-state index in [4.69, 9.17) is 4.74 Å². The third-order valence-electron chi connectivity index (χ3n) is 5.68. The monoisotopic (exact) mass is 411 g/mol. The van der Waals surface area contributed by atoms with E-state index in [2.05, 4.69) is 78.3 Å². The van der Waals surface area contributed by atoms with E-state index in [-0.39, 0.29) is 5.75 Å². The van der Waals surface area contributed by atoms with Crippen molar-refractivity contribution in [2.75, 3.05) is 7.11 Å². The fourth-order valence-electron chi connectivity index (χ4n) is 4.11. The highest BCUT2D eigenvalue weighted by atomic mass is 16.5. The van der Waals surface area contributed by atoms with Crippen molar-refractivity contribution in [1.82, 2.24) is 4.57 Å². The van der Waals surface area contributed by atoms with Gasteiger partial charge in [-0.3, -0.25) is 0 Å². The van der Waals surface area contributed by atoms with Crippen molar-refractivity contribution in [3.8, 4) is 11.5 Å². The topological polar surface area (TPSA) is 34.4 Å². The number of aryl methyl sites for hydroxylation is 1. The van der Waals surface area contributed by atoms with Crippen molar-refractivity contribution >= 4 is 34.0 Å². The highest BCUT2D eigenvalue weighted by Crippen LogP contribution is 2.30. The standard InChI is InChI=1S/C28H29NO2/c1-3-29-25-14-10-9-13-23(25)24-19-21(15-17-26(24)29)11-7-5-4-6-8-12-22-16-18-27(30)28(20-22)31-2/h7-20,30H,3-6H2,1-2H3/b11-7+,12-8+. The molecule has 3 heteroatoms. The van der Waals surface area contributed by atoms with Crippen LogP contribution < -0.4 is 4.74 Å². The Morgan fingerprint density at radius 3 is 2.26 bits per heavy atom. The summed E-state index contributed by atoms with van der Waals surface area (Å²) in [5.74, 6) is 0.673. The quantitative estimate of drug-likeness (QED) is 0.306. The predicted octanol–water partition coefficient (Wildman–Crippen LogP) is 7.43. The minimum atomic E-state index is 0.169. The van der Waals surface area contributed by atoms with Crippen molar-refractivity contribution in [1.29, 1.82) is 0 Å². The number of aromatic hydroxyl groups is 1. The number of rotatable bonds is 8. The number of unbranched alkanes of at least 4 members (excludes halogenated alkanes) is 2. The minimum Gasteiger partial charge on any atom is -0.504 e. The van der Waals surface area contributed by atoms with Gasteiger partial charge in [0, 0.05) is 28.4 Å². The molecule has 0 radical (unpaired) electrons. The van der Waals surface area contributed by atoms with Gasteiger partial charge in [-0.25, -0.2) is 0 Å². The van der Waals surface area contributed by atoms with Gasteiger partial charge in [-0.15, -0.1) is 0 Å². The summed E-state index contributed by atoms with van der Waals surface area (Å²) < 4.78 is 7.53. The first kappa shape index (κ1) is 20.8. The van der Waals surface area contributed by atoms with Crippen molar-refractivity contribution in [2.45, 2.75) is 32.7 Å². The van der Waals surface area contributed by atoms with Crippen LogP contribution in [-0.4, -0.2) is 16.8 Å². The van der Waals surface area contributed by atoms with Gasteiger partial charge in [0.05, 0.1) is 7.11 Å². The summed E-state index contributed by atoms with van der Waals surface area (Å²) in [4.78, 5) is 0. The number of phenolic OH excluding ortho intramolecular Hbond substituents is 1. The van der Waals surface area contributed by atoms with Gasteiger partial charge in [-0.05, 0) is 67.6 Å². The van der Waals surface area contributed by atoms with E-state index >= 15 is 0 Å². The van der Waals surface area contributed by atoms with Crippen LogP contribution in [-0.2, 0) is 6.54 Å². The summed E-state index contributed by atoms with van der Waals surface area (Å²) in [7, 11) is 1.56. The highest BCUT2D eigenvalue weighted by Gasteiger charge is 2.08. The van der Waals surface area contributed by atoms with Crippen molar-refractivity contribution in [2.24, 2.45) is 0 Å². The SMILES string of the molecule is CCn1c2ccccc2c2cc(/C=C/CCC/C=C/c3ccc(O)c(OC)c3)ccc21. The maximum absolute atomic E-state index is 9.66. The molecule has 0 fully saturated rings. The van der Waals surface area contributed by atoms with Gasteiger partial charge < -0.3 is 14.4 Å². The van der Waals surface area contributed by atoms with Crippen LogP contribution in [0, 0.1) is 0 Å². The Kier molecular flexibility index (Phi) is 6.42. The van der Waals surface area contributed by atoms with E-state index in [0.717, 1.165) is 31.4 Å². The Morgan fingerprint density at radius 2 is 1.52 bits per heavy atom. The summed E-state index contributed by atoms with van der Waals surface area (Å²) >= 11 is 0. The molecule has 158 valence electrons. The van der Waals surface area contributed by atoms with E-state index in [1.807, 2.05) is 12.1 Å².